The lowest BCUT2D eigenvalue weighted by Crippen LogP contribution is -2.04. The molecule has 2 rings (SSSR count). The third-order valence-electron chi connectivity index (χ3n) is 2.10. The molecule has 2 aromatic rings. The van der Waals surface area contributed by atoms with Crippen LogP contribution in [0, 0.1) is 5.82 Å². The van der Waals surface area contributed by atoms with Gasteiger partial charge in [-0.15, -0.1) is 0 Å². The van der Waals surface area contributed by atoms with Gasteiger partial charge < -0.3 is 9.72 Å². The quantitative estimate of drug-likeness (QED) is 0.812. The first-order valence-corrected chi connectivity index (χ1v) is 5.66. The number of nitrogens with one attached hydrogen (secondary N) is 1. The highest BCUT2D eigenvalue weighted by Crippen LogP contribution is 2.18. The lowest BCUT2D eigenvalue weighted by atomic mass is 10.2. The molecular formula is C13H16FNO2. The van der Waals surface area contributed by atoms with Gasteiger partial charge in [0.2, 0.25) is 0 Å². The number of H-pyrrole nitrogens is 1. The number of ether oxygens (including phenoxy) is 1. The molecule has 0 atom stereocenters. The van der Waals surface area contributed by atoms with Gasteiger partial charge in [0, 0.05) is 5.39 Å². The number of benzene rings is 1. The summed E-state index contributed by atoms with van der Waals surface area (Å²) in [5.74, 6) is -0.837. The normalized spacial score (nSPS) is 9.65. The fraction of sp³-hybridized carbons (Fsp3) is 0.308. The van der Waals surface area contributed by atoms with Crippen LogP contribution in [0.15, 0.2) is 24.3 Å². The number of hydrogen-bond donors (Lipinski definition) is 1. The Hall–Kier alpha value is -1.84. The molecule has 0 saturated heterocycles. The number of hydrogen-bond acceptors (Lipinski definition) is 2. The van der Waals surface area contributed by atoms with E-state index in [1.165, 1.54) is 6.07 Å². The molecule has 1 aromatic heterocycles. The summed E-state index contributed by atoms with van der Waals surface area (Å²) in [6, 6.07) is 6.25. The lowest BCUT2D eigenvalue weighted by molar-refractivity contribution is 0.0520. The van der Waals surface area contributed by atoms with Crippen LogP contribution in [0.4, 0.5) is 4.39 Å². The Labute approximate surface area is 99.6 Å². The van der Waals surface area contributed by atoms with Crippen LogP contribution in [0.1, 0.15) is 31.3 Å². The molecule has 1 N–H and O–H groups in total. The fourth-order valence-electron chi connectivity index (χ4n) is 1.44. The van der Waals surface area contributed by atoms with E-state index in [-0.39, 0.29) is 11.5 Å². The first-order chi connectivity index (χ1) is 8.22. The lowest BCUT2D eigenvalue weighted by Gasteiger charge is -1.96. The zero-order chi connectivity index (χ0) is 12.8. The van der Waals surface area contributed by atoms with Crippen LogP contribution in [-0.4, -0.2) is 17.6 Å². The number of rotatable bonds is 2. The molecule has 0 unspecified atom stereocenters. The average molecular weight is 237 g/mol. The molecule has 0 fully saturated rings. The molecule has 4 heteroatoms. The first-order valence-electron chi connectivity index (χ1n) is 5.66. The molecule has 3 nitrogen and oxygen atoms in total. The molecule has 0 amide bonds. The monoisotopic (exact) mass is 237 g/mol. The van der Waals surface area contributed by atoms with Gasteiger partial charge in [-0.1, -0.05) is 26.0 Å². The van der Waals surface area contributed by atoms with Crippen molar-refractivity contribution in [2.24, 2.45) is 0 Å². The molecule has 1 aromatic carbocycles. The van der Waals surface area contributed by atoms with Crippen molar-refractivity contribution in [1.29, 1.82) is 0 Å². The van der Waals surface area contributed by atoms with Gasteiger partial charge >= 0.3 is 5.97 Å². The molecule has 0 spiro atoms. The number of fused-ring (bicyclic) bond motifs is 1. The van der Waals surface area contributed by atoms with Crippen molar-refractivity contribution in [3.05, 3.63) is 35.8 Å². The van der Waals surface area contributed by atoms with Gasteiger partial charge in [0.1, 0.15) is 11.5 Å². The minimum absolute atomic E-state index is 0.275. The summed E-state index contributed by atoms with van der Waals surface area (Å²) in [6.07, 6.45) is 0. The highest BCUT2D eigenvalue weighted by Gasteiger charge is 2.11. The maximum Gasteiger partial charge on any atom is 0.354 e. The maximum atomic E-state index is 13.3. The van der Waals surface area contributed by atoms with Crippen LogP contribution < -0.4 is 0 Å². The van der Waals surface area contributed by atoms with Crippen LogP contribution >= 0.6 is 0 Å². The minimum atomic E-state index is -0.465. The van der Waals surface area contributed by atoms with Gasteiger partial charge in [0.25, 0.3) is 0 Å². The molecule has 17 heavy (non-hydrogen) atoms. The molecule has 1 heterocycles. The topological polar surface area (TPSA) is 42.1 Å². The van der Waals surface area contributed by atoms with Gasteiger partial charge in [-0.3, -0.25) is 0 Å². The van der Waals surface area contributed by atoms with Crippen LogP contribution in [0.5, 0.6) is 0 Å². The molecule has 0 aliphatic heterocycles. The third-order valence-corrected chi connectivity index (χ3v) is 2.10. The standard InChI is InChI=1S/C11H10FNO2.C2H6/c1-2-15-11(14)9-6-7-4-3-5-8(12)10(7)13-9;1-2/h3-6,13H,2H2,1H3;1-2H3. The molecule has 0 aliphatic carbocycles. The van der Waals surface area contributed by atoms with E-state index in [0.29, 0.717) is 17.5 Å². The Balaban J connectivity index is 0.000000686. The molecule has 0 saturated carbocycles. The molecule has 0 aliphatic rings. The zero-order valence-electron chi connectivity index (χ0n) is 10.2. The van der Waals surface area contributed by atoms with Crippen molar-refractivity contribution in [2.45, 2.75) is 20.8 Å². The Morgan fingerprint density at radius 3 is 2.71 bits per heavy atom. The summed E-state index contributed by atoms with van der Waals surface area (Å²) in [7, 11) is 0. The van der Waals surface area contributed by atoms with Gasteiger partial charge in [0.05, 0.1) is 12.1 Å². The van der Waals surface area contributed by atoms with Gasteiger partial charge in [-0.05, 0) is 19.1 Å². The summed E-state index contributed by atoms with van der Waals surface area (Å²) in [5, 5.41) is 0.665. The molecule has 0 bridgehead atoms. The van der Waals surface area contributed by atoms with E-state index < -0.39 is 5.97 Å². The average Bonchev–Trinajstić information content (AvgIpc) is 2.77. The SMILES string of the molecule is CC.CCOC(=O)c1cc2cccc(F)c2[nH]1. The van der Waals surface area contributed by atoms with Crippen molar-refractivity contribution < 1.29 is 13.9 Å². The van der Waals surface area contributed by atoms with E-state index in [2.05, 4.69) is 4.98 Å². The van der Waals surface area contributed by atoms with Crippen molar-refractivity contribution in [3.8, 4) is 0 Å². The number of para-hydroxylation sites is 1. The predicted molar refractivity (Wildman–Crippen MR) is 65.6 cm³/mol. The summed E-state index contributed by atoms with van der Waals surface area (Å²) < 4.78 is 18.1. The Morgan fingerprint density at radius 2 is 2.12 bits per heavy atom. The third kappa shape index (κ3) is 2.84. The second-order valence-electron chi connectivity index (χ2n) is 3.11. The maximum absolute atomic E-state index is 13.3. The summed E-state index contributed by atoms with van der Waals surface area (Å²) in [6.45, 7) is 6.03. The number of carbonyl (C=O) groups is 1. The van der Waals surface area contributed by atoms with Gasteiger partial charge in [0.15, 0.2) is 0 Å². The van der Waals surface area contributed by atoms with Crippen LogP contribution in [0.25, 0.3) is 10.9 Å². The second kappa shape index (κ2) is 6.03. The highest BCUT2D eigenvalue weighted by molar-refractivity contribution is 5.94. The first kappa shape index (κ1) is 13.2. The fourth-order valence-corrected chi connectivity index (χ4v) is 1.44. The summed E-state index contributed by atoms with van der Waals surface area (Å²) >= 11 is 0. The molecule has 92 valence electrons. The van der Waals surface area contributed by atoms with Crippen LogP contribution in [0.3, 0.4) is 0 Å². The van der Waals surface area contributed by atoms with Crippen molar-refractivity contribution >= 4 is 16.9 Å². The number of carbonyl (C=O) groups excluding carboxylic acids is 1. The number of aromatic nitrogens is 1. The second-order valence-corrected chi connectivity index (χ2v) is 3.11. The largest absolute Gasteiger partial charge is 0.461 e. The van der Waals surface area contributed by atoms with E-state index in [1.54, 1.807) is 25.1 Å². The number of aromatic amines is 1. The Morgan fingerprint density at radius 1 is 1.41 bits per heavy atom. The van der Waals surface area contributed by atoms with Crippen molar-refractivity contribution in [3.63, 3.8) is 0 Å². The number of esters is 1. The molecule has 0 radical (unpaired) electrons. The summed E-state index contributed by atoms with van der Waals surface area (Å²) in [5.41, 5.74) is 0.609. The highest BCUT2D eigenvalue weighted by atomic mass is 19.1. The van der Waals surface area contributed by atoms with Crippen LogP contribution in [0.2, 0.25) is 0 Å². The molecular weight excluding hydrogens is 221 g/mol. The van der Waals surface area contributed by atoms with Gasteiger partial charge in [-0.25, -0.2) is 9.18 Å². The van der Waals surface area contributed by atoms with Crippen molar-refractivity contribution in [2.75, 3.05) is 6.61 Å². The van der Waals surface area contributed by atoms with E-state index in [1.807, 2.05) is 13.8 Å². The Kier molecular flexibility index (Phi) is 4.69. The zero-order valence-corrected chi connectivity index (χ0v) is 10.2. The Bertz CT molecular complexity index is 505. The van der Waals surface area contributed by atoms with Crippen molar-refractivity contribution in [1.82, 2.24) is 4.98 Å². The van der Waals surface area contributed by atoms with Gasteiger partial charge in [-0.2, -0.15) is 0 Å². The summed E-state index contributed by atoms with van der Waals surface area (Å²) in [4.78, 5) is 14.0. The van der Waals surface area contributed by atoms with E-state index >= 15 is 0 Å². The minimum Gasteiger partial charge on any atom is -0.461 e. The van der Waals surface area contributed by atoms with Crippen LogP contribution in [-0.2, 0) is 4.74 Å². The smallest absolute Gasteiger partial charge is 0.354 e. The van der Waals surface area contributed by atoms with E-state index in [4.69, 9.17) is 4.74 Å². The van der Waals surface area contributed by atoms with E-state index in [0.717, 1.165) is 0 Å². The number of halogens is 1. The predicted octanol–water partition coefficient (Wildman–Crippen LogP) is 3.51. The van der Waals surface area contributed by atoms with E-state index in [9.17, 15) is 9.18 Å².